The zero-order valence-corrected chi connectivity index (χ0v) is 45.8. The molecule has 0 aliphatic heterocycles. The molecule has 1 atom stereocenters. The Hall–Kier alpha value is -2.89. The van der Waals surface area contributed by atoms with Gasteiger partial charge in [-0.15, -0.1) is 0 Å². The first-order valence-corrected chi connectivity index (χ1v) is 29.8. The summed E-state index contributed by atoms with van der Waals surface area (Å²) in [4.78, 5) is 38.2. The highest BCUT2D eigenvalue weighted by molar-refractivity contribution is 5.71. The minimum absolute atomic E-state index is 0.0838. The van der Waals surface area contributed by atoms with Gasteiger partial charge in [-0.1, -0.05) is 236 Å². The molecule has 0 aromatic heterocycles. The van der Waals surface area contributed by atoms with E-state index in [1.165, 1.54) is 167 Å². The van der Waals surface area contributed by atoms with Crippen molar-refractivity contribution in [3.8, 4) is 0 Å². The van der Waals surface area contributed by atoms with Gasteiger partial charge in [-0.2, -0.15) is 0 Å². The Balaban J connectivity index is 4.40. The molecule has 0 spiro atoms. The second-order valence-corrected chi connectivity index (χ2v) is 19.9. The van der Waals surface area contributed by atoms with E-state index in [4.69, 9.17) is 14.2 Å². The maximum atomic E-state index is 12.9. The van der Waals surface area contributed by atoms with E-state index in [9.17, 15) is 14.4 Å². The van der Waals surface area contributed by atoms with Crippen molar-refractivity contribution in [1.29, 1.82) is 0 Å². The van der Waals surface area contributed by atoms with Crippen LogP contribution in [0.1, 0.15) is 303 Å². The molecule has 1 unspecified atom stereocenters. The van der Waals surface area contributed by atoms with Gasteiger partial charge in [0.2, 0.25) is 0 Å². The van der Waals surface area contributed by atoms with Gasteiger partial charge in [0.1, 0.15) is 13.2 Å². The number of rotatable bonds is 54. The van der Waals surface area contributed by atoms with E-state index in [1.807, 2.05) is 0 Å². The third kappa shape index (κ3) is 55.9. The van der Waals surface area contributed by atoms with Gasteiger partial charge in [0.15, 0.2) is 6.10 Å². The average molecular weight is 966 g/mol. The molecular weight excluding hydrogens is 853 g/mol. The van der Waals surface area contributed by atoms with Crippen LogP contribution < -0.4 is 0 Å². The van der Waals surface area contributed by atoms with Crippen molar-refractivity contribution < 1.29 is 28.6 Å². The highest BCUT2D eigenvalue weighted by Crippen LogP contribution is 2.15. The van der Waals surface area contributed by atoms with E-state index in [0.717, 1.165) is 96.3 Å². The van der Waals surface area contributed by atoms with Gasteiger partial charge >= 0.3 is 17.9 Å². The zero-order valence-electron chi connectivity index (χ0n) is 45.8. The Kier molecular flexibility index (Phi) is 55.3. The number of carbonyl (C=O) groups excluding carboxylic acids is 3. The fourth-order valence-electron chi connectivity index (χ4n) is 8.44. The normalized spacial score (nSPS) is 12.4. The second-order valence-electron chi connectivity index (χ2n) is 19.9. The van der Waals surface area contributed by atoms with E-state index < -0.39 is 6.10 Å². The quantitative estimate of drug-likeness (QED) is 0.0262. The number of esters is 3. The Morgan fingerprint density at radius 2 is 0.522 bits per heavy atom. The Bertz CT molecular complexity index is 1250. The number of unbranched alkanes of at least 4 members (excludes halogenated alkanes) is 33. The van der Waals surface area contributed by atoms with Gasteiger partial charge in [-0.3, -0.25) is 14.4 Å². The molecule has 0 amide bonds. The van der Waals surface area contributed by atoms with Crippen LogP contribution in [-0.2, 0) is 28.6 Å². The fraction of sp³-hybridized carbons (Fsp3) is 0.794. The van der Waals surface area contributed by atoms with E-state index in [2.05, 4.69) is 81.5 Å². The van der Waals surface area contributed by atoms with Crippen LogP contribution in [0.3, 0.4) is 0 Å². The summed E-state index contributed by atoms with van der Waals surface area (Å²) >= 11 is 0. The molecule has 0 rings (SSSR count). The molecule has 6 nitrogen and oxygen atoms in total. The standard InChI is InChI=1S/C63H112O6/c1-4-7-10-13-16-19-22-25-28-31-32-33-36-38-41-44-47-50-53-56-62(65)68-59-60(69-63(66)57-54-51-48-45-42-39-35-30-27-24-21-18-15-12-9-6-3)58-67-61(64)55-52-49-46-43-40-37-34-29-26-23-20-17-14-11-8-5-2/h16,19,21,24-25,28-30,34-35,60H,4-15,17-18,20,22-23,26-27,31-33,36-59H2,1-3H3/b19-16-,24-21-,28-25-,34-29-,35-30-. The van der Waals surface area contributed by atoms with E-state index in [1.54, 1.807) is 0 Å². The summed E-state index contributed by atoms with van der Waals surface area (Å²) in [5, 5.41) is 0. The third-order valence-corrected chi connectivity index (χ3v) is 13.0. The lowest BCUT2D eigenvalue weighted by molar-refractivity contribution is -0.167. The average Bonchev–Trinajstić information content (AvgIpc) is 3.35. The number of hydrogen-bond donors (Lipinski definition) is 0. The predicted molar refractivity (Wildman–Crippen MR) is 298 cm³/mol. The minimum atomic E-state index is -0.787. The number of ether oxygens (including phenoxy) is 3. The van der Waals surface area contributed by atoms with Crippen LogP contribution in [0.2, 0.25) is 0 Å². The maximum absolute atomic E-state index is 12.9. The molecule has 0 aromatic carbocycles. The Morgan fingerprint density at radius 3 is 0.855 bits per heavy atom. The van der Waals surface area contributed by atoms with Crippen molar-refractivity contribution in [1.82, 2.24) is 0 Å². The second kappa shape index (κ2) is 57.7. The number of hydrogen-bond acceptors (Lipinski definition) is 6. The highest BCUT2D eigenvalue weighted by Gasteiger charge is 2.19. The molecule has 0 aromatic rings. The molecule has 0 heterocycles. The molecule has 69 heavy (non-hydrogen) atoms. The Morgan fingerprint density at radius 1 is 0.290 bits per heavy atom. The molecular formula is C63H112O6. The summed E-state index contributed by atoms with van der Waals surface area (Å²) in [6.45, 7) is 6.60. The molecule has 6 heteroatoms. The van der Waals surface area contributed by atoms with Crippen molar-refractivity contribution >= 4 is 17.9 Å². The summed E-state index contributed by atoms with van der Waals surface area (Å²) in [5.41, 5.74) is 0. The monoisotopic (exact) mass is 965 g/mol. The first-order valence-electron chi connectivity index (χ1n) is 29.8. The van der Waals surface area contributed by atoms with E-state index >= 15 is 0 Å². The highest BCUT2D eigenvalue weighted by atomic mass is 16.6. The molecule has 0 saturated heterocycles. The van der Waals surface area contributed by atoms with Gasteiger partial charge in [0.25, 0.3) is 0 Å². The summed E-state index contributed by atoms with van der Waals surface area (Å²) in [7, 11) is 0. The van der Waals surface area contributed by atoms with Gasteiger partial charge in [0.05, 0.1) is 0 Å². The van der Waals surface area contributed by atoms with Gasteiger partial charge < -0.3 is 14.2 Å². The van der Waals surface area contributed by atoms with E-state index in [0.29, 0.717) is 19.3 Å². The SMILES string of the molecule is CCCCC/C=C\C/C=C\CCCCCCCCCCCC(=O)OCC(COC(=O)CCCCCCC/C=C\CCCCCCCCC)OC(=O)CCCCCCC/C=C\C/C=C\CCCCCC. The molecule has 400 valence electrons. The van der Waals surface area contributed by atoms with Crippen molar-refractivity contribution in [2.45, 2.75) is 309 Å². The zero-order chi connectivity index (χ0) is 50.0. The lowest BCUT2D eigenvalue weighted by Gasteiger charge is -2.18. The van der Waals surface area contributed by atoms with Crippen LogP contribution in [0.15, 0.2) is 60.8 Å². The first kappa shape index (κ1) is 66.1. The van der Waals surface area contributed by atoms with Crippen LogP contribution in [-0.4, -0.2) is 37.2 Å². The first-order chi connectivity index (χ1) is 34.0. The summed E-state index contributed by atoms with van der Waals surface area (Å²) in [6.07, 6.45) is 72.0. The molecule has 0 radical (unpaired) electrons. The fourth-order valence-corrected chi connectivity index (χ4v) is 8.44. The summed E-state index contributed by atoms with van der Waals surface area (Å²) < 4.78 is 16.9. The molecule has 0 bridgehead atoms. The van der Waals surface area contributed by atoms with Crippen molar-refractivity contribution in [3.63, 3.8) is 0 Å². The van der Waals surface area contributed by atoms with Gasteiger partial charge in [0, 0.05) is 19.3 Å². The largest absolute Gasteiger partial charge is 0.462 e. The summed E-state index contributed by atoms with van der Waals surface area (Å²) in [5.74, 6) is -0.898. The topological polar surface area (TPSA) is 78.9 Å². The van der Waals surface area contributed by atoms with Crippen LogP contribution in [0, 0.1) is 0 Å². The van der Waals surface area contributed by atoms with Gasteiger partial charge in [-0.25, -0.2) is 0 Å². The Labute approximate surface area is 428 Å². The van der Waals surface area contributed by atoms with Crippen molar-refractivity contribution in [3.05, 3.63) is 60.8 Å². The van der Waals surface area contributed by atoms with Crippen LogP contribution in [0.25, 0.3) is 0 Å². The molecule has 0 aliphatic rings. The smallest absolute Gasteiger partial charge is 0.306 e. The van der Waals surface area contributed by atoms with Gasteiger partial charge in [-0.05, 0) is 109 Å². The molecule has 0 N–H and O–H groups in total. The summed E-state index contributed by atoms with van der Waals surface area (Å²) in [6, 6.07) is 0. The predicted octanol–water partition coefficient (Wildman–Crippen LogP) is 20.0. The minimum Gasteiger partial charge on any atom is -0.462 e. The lowest BCUT2D eigenvalue weighted by Crippen LogP contribution is -2.30. The lowest BCUT2D eigenvalue weighted by atomic mass is 10.1. The van der Waals surface area contributed by atoms with Crippen molar-refractivity contribution in [2.24, 2.45) is 0 Å². The third-order valence-electron chi connectivity index (χ3n) is 13.0. The maximum Gasteiger partial charge on any atom is 0.306 e. The molecule has 0 fully saturated rings. The number of carbonyl (C=O) groups is 3. The molecule has 0 aliphatic carbocycles. The van der Waals surface area contributed by atoms with Crippen LogP contribution >= 0.6 is 0 Å². The van der Waals surface area contributed by atoms with Crippen LogP contribution in [0.4, 0.5) is 0 Å². The number of allylic oxidation sites excluding steroid dienone is 10. The van der Waals surface area contributed by atoms with E-state index in [-0.39, 0.29) is 31.1 Å². The molecule has 0 saturated carbocycles. The van der Waals surface area contributed by atoms with Crippen LogP contribution in [0.5, 0.6) is 0 Å². The van der Waals surface area contributed by atoms with Crippen molar-refractivity contribution in [2.75, 3.05) is 13.2 Å².